The predicted octanol–water partition coefficient (Wildman–Crippen LogP) is 1.04. The molecule has 0 spiro atoms. The highest BCUT2D eigenvalue weighted by molar-refractivity contribution is 7.89. The van der Waals surface area contributed by atoms with E-state index in [-0.39, 0.29) is 29.9 Å². The van der Waals surface area contributed by atoms with Crippen LogP contribution in [0.3, 0.4) is 0 Å². The molecule has 0 radical (unpaired) electrons. The molecule has 0 aromatic carbocycles. The lowest BCUT2D eigenvalue weighted by Gasteiger charge is -2.28. The Hall–Kier alpha value is -1.47. The van der Waals surface area contributed by atoms with E-state index in [0.29, 0.717) is 16.8 Å². The molecule has 2 aliphatic rings. The van der Waals surface area contributed by atoms with Crippen LogP contribution in [0.5, 0.6) is 0 Å². The quantitative estimate of drug-likeness (QED) is 0.137. The van der Waals surface area contributed by atoms with E-state index >= 15 is 0 Å². The van der Waals surface area contributed by atoms with E-state index in [2.05, 4.69) is 20.8 Å². The minimum absolute atomic E-state index is 0.107. The number of carbonyl (C=O) groups is 3. The van der Waals surface area contributed by atoms with Crippen molar-refractivity contribution in [2.24, 2.45) is 17.8 Å². The van der Waals surface area contributed by atoms with Gasteiger partial charge in [0.1, 0.15) is 6.04 Å². The largest absolute Gasteiger partial charge is 0.480 e. The van der Waals surface area contributed by atoms with E-state index < -0.39 is 34.5 Å². The number of carboxylic acid groups (broad SMARTS) is 1. The Balaban J connectivity index is 1.99. The van der Waals surface area contributed by atoms with Crippen molar-refractivity contribution >= 4 is 39.4 Å². The first-order chi connectivity index (χ1) is 17.6. The number of amides is 2. The van der Waals surface area contributed by atoms with Crippen molar-refractivity contribution < 1.29 is 27.9 Å². The number of nitrogens with one attached hydrogen (secondary N) is 4. The van der Waals surface area contributed by atoms with Gasteiger partial charge in [-0.15, -0.1) is 16.4 Å². The van der Waals surface area contributed by atoms with E-state index in [4.69, 9.17) is 11.6 Å². The summed E-state index contributed by atoms with van der Waals surface area (Å²) in [6.45, 7) is 4.67. The molecule has 1 unspecified atom stereocenters. The summed E-state index contributed by atoms with van der Waals surface area (Å²) < 4.78 is 24.6. The van der Waals surface area contributed by atoms with Crippen molar-refractivity contribution in [3.8, 4) is 0 Å². The molecular weight excluding hydrogens is 522 g/mol. The van der Waals surface area contributed by atoms with Gasteiger partial charge in [0.25, 0.3) is 5.91 Å². The minimum atomic E-state index is -3.98. The van der Waals surface area contributed by atoms with Crippen molar-refractivity contribution in [3.05, 3.63) is 0 Å². The van der Waals surface area contributed by atoms with Crippen molar-refractivity contribution in [1.82, 2.24) is 25.8 Å². The molecule has 0 aromatic rings. The number of hydrogen-bond acceptors (Lipinski definition) is 7. The van der Waals surface area contributed by atoms with Crippen molar-refractivity contribution in [3.63, 3.8) is 0 Å². The maximum Gasteiger partial charge on any atom is 0.327 e. The fourth-order valence-corrected chi connectivity index (χ4v) is 6.38. The highest BCUT2D eigenvalue weighted by Gasteiger charge is 2.31. The zero-order valence-electron chi connectivity index (χ0n) is 21.8. The van der Waals surface area contributed by atoms with Crippen molar-refractivity contribution in [2.45, 2.75) is 70.8 Å². The van der Waals surface area contributed by atoms with Gasteiger partial charge in [0.2, 0.25) is 15.9 Å². The SMILES string of the molecule is CC(C(=O)O)N(NS(=O)(=O)CCCCl)C(=O)CNC(=O)C(CCC1CCNCC1)CCC1CCNCC1. The molecule has 11 nitrogen and oxygen atoms in total. The predicted molar refractivity (Wildman–Crippen MR) is 142 cm³/mol. The summed E-state index contributed by atoms with van der Waals surface area (Å²) >= 11 is 5.56. The number of hydrazine groups is 1. The molecule has 0 aromatic heterocycles. The molecule has 2 fully saturated rings. The molecule has 0 saturated carbocycles. The molecule has 0 aliphatic carbocycles. The van der Waals surface area contributed by atoms with E-state index in [9.17, 15) is 27.9 Å². The van der Waals surface area contributed by atoms with Crippen LogP contribution in [0.25, 0.3) is 0 Å². The molecule has 5 N–H and O–H groups in total. The Morgan fingerprint density at radius 3 is 1.97 bits per heavy atom. The average Bonchev–Trinajstić information content (AvgIpc) is 2.89. The highest BCUT2D eigenvalue weighted by atomic mass is 35.5. The van der Waals surface area contributed by atoms with E-state index in [1.807, 2.05) is 0 Å². The van der Waals surface area contributed by atoms with Gasteiger partial charge in [0.05, 0.1) is 12.3 Å². The molecule has 2 rings (SSSR count). The second kappa shape index (κ2) is 16.5. The molecule has 214 valence electrons. The van der Waals surface area contributed by atoms with Gasteiger partial charge in [-0.3, -0.25) is 9.59 Å². The third kappa shape index (κ3) is 11.8. The number of nitrogens with zero attached hydrogens (tertiary/aromatic N) is 1. The molecule has 37 heavy (non-hydrogen) atoms. The van der Waals surface area contributed by atoms with Gasteiger partial charge in [0, 0.05) is 11.8 Å². The van der Waals surface area contributed by atoms with Crippen LogP contribution in [0.15, 0.2) is 0 Å². The Morgan fingerprint density at radius 1 is 1.00 bits per heavy atom. The summed E-state index contributed by atoms with van der Waals surface area (Å²) in [5, 5.41) is 19.3. The molecule has 0 bridgehead atoms. The van der Waals surface area contributed by atoms with E-state index in [0.717, 1.165) is 77.5 Å². The van der Waals surface area contributed by atoms with Crippen LogP contribution in [-0.4, -0.2) is 86.7 Å². The summed E-state index contributed by atoms with van der Waals surface area (Å²) in [7, 11) is -3.98. The van der Waals surface area contributed by atoms with Gasteiger partial charge in [-0.25, -0.2) is 18.2 Å². The van der Waals surface area contributed by atoms with Crippen LogP contribution >= 0.6 is 11.6 Å². The van der Waals surface area contributed by atoms with Crippen LogP contribution < -0.4 is 20.8 Å². The number of hydrogen-bond donors (Lipinski definition) is 5. The van der Waals surface area contributed by atoms with Gasteiger partial charge >= 0.3 is 5.97 Å². The summed E-state index contributed by atoms with van der Waals surface area (Å²) in [4.78, 5) is 39.6. The normalized spacial score (nSPS) is 18.5. The summed E-state index contributed by atoms with van der Waals surface area (Å²) in [6, 6.07) is -1.45. The van der Waals surface area contributed by atoms with Gasteiger partial charge in [-0.2, -0.15) is 0 Å². The van der Waals surface area contributed by atoms with Crippen LogP contribution in [0.1, 0.15) is 64.7 Å². The van der Waals surface area contributed by atoms with Gasteiger partial charge in [0.15, 0.2) is 0 Å². The molecule has 13 heteroatoms. The molecule has 1 atom stereocenters. The van der Waals surface area contributed by atoms with Crippen molar-refractivity contribution in [1.29, 1.82) is 0 Å². The molecule has 2 aliphatic heterocycles. The van der Waals surface area contributed by atoms with Crippen molar-refractivity contribution in [2.75, 3.05) is 44.4 Å². The number of carboxylic acids is 1. The van der Waals surface area contributed by atoms with Crippen LogP contribution in [-0.2, 0) is 24.4 Å². The monoisotopic (exact) mass is 565 g/mol. The average molecular weight is 566 g/mol. The topological polar surface area (TPSA) is 157 Å². The van der Waals surface area contributed by atoms with Gasteiger partial charge in [-0.1, -0.05) is 0 Å². The third-order valence-electron chi connectivity index (χ3n) is 7.35. The zero-order valence-corrected chi connectivity index (χ0v) is 23.4. The number of carbonyl (C=O) groups excluding carboxylic acids is 2. The lowest BCUT2D eigenvalue weighted by Crippen LogP contribution is -2.56. The first kappa shape index (κ1) is 31.7. The molecule has 2 amide bonds. The number of halogens is 1. The lowest BCUT2D eigenvalue weighted by atomic mass is 9.84. The smallest absolute Gasteiger partial charge is 0.327 e. The second-order valence-corrected chi connectivity index (χ2v) is 12.4. The second-order valence-electron chi connectivity index (χ2n) is 10.2. The first-order valence-corrected chi connectivity index (χ1v) is 15.6. The van der Waals surface area contributed by atoms with Crippen LogP contribution in [0, 0.1) is 17.8 Å². The number of rotatable bonds is 16. The standard InChI is InChI=1S/C24H44ClN5O6S/c1-18(24(33)34)30(29-37(35,36)16-2-11-25)22(31)17-28-23(32)21(5-3-19-7-12-26-13-8-19)6-4-20-9-14-27-15-10-20/h18-21,26-27,29H,2-17H2,1H3,(H,28,32)(H,33,34). The lowest BCUT2D eigenvalue weighted by molar-refractivity contribution is -0.150. The Morgan fingerprint density at radius 2 is 1.51 bits per heavy atom. The fraction of sp³-hybridized carbons (Fsp3) is 0.875. The maximum absolute atomic E-state index is 13.2. The van der Waals surface area contributed by atoms with E-state index in [1.165, 1.54) is 6.92 Å². The number of alkyl halides is 1. The fourth-order valence-electron chi connectivity index (χ4n) is 4.91. The third-order valence-corrected chi connectivity index (χ3v) is 8.91. The number of aliphatic carboxylic acids is 1. The summed E-state index contributed by atoms with van der Waals surface area (Å²) in [5.41, 5.74) is 0. The summed E-state index contributed by atoms with van der Waals surface area (Å²) in [5.74, 6) is -1.80. The Bertz CT molecular complexity index is 811. The maximum atomic E-state index is 13.2. The summed E-state index contributed by atoms with van der Waals surface area (Å²) in [6.07, 6.45) is 7.86. The van der Waals surface area contributed by atoms with E-state index in [1.54, 1.807) is 0 Å². The first-order valence-electron chi connectivity index (χ1n) is 13.4. The number of sulfonamides is 1. The van der Waals surface area contributed by atoms with Gasteiger partial charge < -0.3 is 21.1 Å². The number of piperidine rings is 2. The van der Waals surface area contributed by atoms with Crippen LogP contribution in [0.2, 0.25) is 0 Å². The van der Waals surface area contributed by atoms with Gasteiger partial charge in [-0.05, 0) is 103 Å². The molecule has 2 heterocycles. The zero-order chi connectivity index (χ0) is 27.3. The van der Waals surface area contributed by atoms with Crippen LogP contribution in [0.4, 0.5) is 0 Å². The molecule has 2 saturated heterocycles. The molecular formula is C24H44ClN5O6S. The Labute approximate surface area is 225 Å². The minimum Gasteiger partial charge on any atom is -0.480 e. The highest BCUT2D eigenvalue weighted by Crippen LogP contribution is 2.26. The Kier molecular flexibility index (Phi) is 14.1.